The van der Waals surface area contributed by atoms with Crippen LogP contribution in [0.4, 0.5) is 0 Å². The van der Waals surface area contributed by atoms with Crippen molar-refractivity contribution in [3.63, 3.8) is 0 Å². The second kappa shape index (κ2) is 12.5. The third kappa shape index (κ3) is 6.56. The molecule has 0 aliphatic heterocycles. The number of carboxylic acid groups (broad SMARTS) is 1. The molecule has 0 aliphatic carbocycles. The minimum absolute atomic E-state index is 0. The predicted molar refractivity (Wildman–Crippen MR) is 129 cm³/mol. The Hall–Kier alpha value is -1.94. The average molecular weight is 485 g/mol. The number of aryl methyl sites for hydroxylation is 3. The number of nitrogens with zero attached hydrogens (tertiary/aromatic N) is 4. The Morgan fingerprint density at radius 3 is 2.52 bits per heavy atom. The quantitative estimate of drug-likeness (QED) is 0.412. The summed E-state index contributed by atoms with van der Waals surface area (Å²) >= 11 is 0. The van der Waals surface area contributed by atoms with E-state index >= 15 is 0 Å². The standard InChI is InChI=1S/C23H30N4O5.Ca.2H/c1-5-7-18-20-21(26(4)25-18)22(28)27(15(3)24-20)12-13-32-17-10-8-16(9-11-17)14-19(23(29)30)31-6-2;;;/h8-11,19H,5-7,12-14H2,1-4H3,(H,29,30);;;. The van der Waals surface area contributed by atoms with Crippen LogP contribution in [0, 0.1) is 6.92 Å². The van der Waals surface area contributed by atoms with Crippen LogP contribution in [-0.2, 0) is 36.0 Å². The van der Waals surface area contributed by atoms with Crippen molar-refractivity contribution in [2.45, 2.75) is 52.7 Å². The van der Waals surface area contributed by atoms with Gasteiger partial charge < -0.3 is 14.6 Å². The molecule has 3 aromatic rings. The van der Waals surface area contributed by atoms with Gasteiger partial charge in [0.2, 0.25) is 0 Å². The maximum atomic E-state index is 13.0. The summed E-state index contributed by atoms with van der Waals surface area (Å²) in [5, 5.41) is 13.7. The van der Waals surface area contributed by atoms with Crippen LogP contribution in [0.15, 0.2) is 29.1 Å². The summed E-state index contributed by atoms with van der Waals surface area (Å²) in [4.78, 5) is 28.9. The molecule has 9 nitrogen and oxygen atoms in total. The Morgan fingerprint density at radius 2 is 1.91 bits per heavy atom. The molecule has 0 fully saturated rings. The van der Waals surface area contributed by atoms with Gasteiger partial charge in [0.1, 0.15) is 23.7 Å². The molecule has 10 heteroatoms. The molecule has 0 amide bonds. The SMILES string of the molecule is CCCc1nn(C)c2c(=O)n(CCOc3ccc(CC(OCC)C(=O)O)cc3)c(C)nc12.[CaH2]. The third-order valence-electron chi connectivity index (χ3n) is 5.26. The third-order valence-corrected chi connectivity index (χ3v) is 5.26. The zero-order chi connectivity index (χ0) is 23.3. The van der Waals surface area contributed by atoms with Crippen molar-refractivity contribution in [3.05, 3.63) is 51.7 Å². The number of hydrogen-bond acceptors (Lipinski definition) is 6. The van der Waals surface area contributed by atoms with Crippen molar-refractivity contribution >= 4 is 54.7 Å². The van der Waals surface area contributed by atoms with E-state index in [9.17, 15) is 14.7 Å². The molecule has 2 heterocycles. The Balaban J connectivity index is 0.00000385. The van der Waals surface area contributed by atoms with E-state index in [0.29, 0.717) is 42.4 Å². The van der Waals surface area contributed by atoms with Crippen molar-refractivity contribution in [2.24, 2.45) is 7.05 Å². The number of aromatic nitrogens is 4. The summed E-state index contributed by atoms with van der Waals surface area (Å²) in [6, 6.07) is 7.21. The molecular formula is C23H32CaN4O5. The summed E-state index contributed by atoms with van der Waals surface area (Å²) in [5.41, 5.74) is 2.75. The second-order valence-corrected chi connectivity index (χ2v) is 7.61. The Bertz CT molecular complexity index is 1140. The van der Waals surface area contributed by atoms with Crippen molar-refractivity contribution in [1.82, 2.24) is 19.3 Å². The first-order valence-corrected chi connectivity index (χ1v) is 10.8. The van der Waals surface area contributed by atoms with Gasteiger partial charge in [-0.1, -0.05) is 25.5 Å². The van der Waals surface area contributed by atoms with Crippen molar-refractivity contribution in [1.29, 1.82) is 0 Å². The molecule has 0 bridgehead atoms. The first-order chi connectivity index (χ1) is 15.3. The van der Waals surface area contributed by atoms with Crippen molar-refractivity contribution in [2.75, 3.05) is 13.2 Å². The Morgan fingerprint density at radius 1 is 1.21 bits per heavy atom. The molecule has 0 saturated carbocycles. The minimum atomic E-state index is -0.978. The molecule has 176 valence electrons. The average Bonchev–Trinajstić information content (AvgIpc) is 3.06. The van der Waals surface area contributed by atoms with E-state index in [4.69, 9.17) is 9.47 Å². The molecule has 1 N–H and O–H groups in total. The summed E-state index contributed by atoms with van der Waals surface area (Å²) in [6.07, 6.45) is 1.14. The second-order valence-electron chi connectivity index (χ2n) is 7.61. The number of aliphatic carboxylic acids is 1. The van der Waals surface area contributed by atoms with E-state index in [1.165, 1.54) is 0 Å². The molecule has 3 rings (SSSR count). The number of carbonyl (C=O) groups is 1. The van der Waals surface area contributed by atoms with Gasteiger partial charge in [0.15, 0.2) is 11.6 Å². The molecule has 0 saturated heterocycles. The number of hydrogen-bond donors (Lipinski definition) is 1. The van der Waals surface area contributed by atoms with Crippen LogP contribution in [0.3, 0.4) is 0 Å². The summed E-state index contributed by atoms with van der Waals surface area (Å²) in [6.45, 7) is 6.65. The maximum absolute atomic E-state index is 13.0. The fourth-order valence-electron chi connectivity index (χ4n) is 3.70. The van der Waals surface area contributed by atoms with Crippen LogP contribution in [0.1, 0.15) is 37.4 Å². The summed E-state index contributed by atoms with van der Waals surface area (Å²) in [7, 11) is 1.77. The van der Waals surface area contributed by atoms with Crippen LogP contribution in [0.5, 0.6) is 5.75 Å². The monoisotopic (exact) mass is 484 g/mol. The molecule has 0 spiro atoms. The number of rotatable bonds is 11. The van der Waals surface area contributed by atoms with Crippen molar-refractivity contribution < 1.29 is 19.4 Å². The van der Waals surface area contributed by atoms with Gasteiger partial charge in [0.05, 0.1) is 12.2 Å². The van der Waals surface area contributed by atoms with Gasteiger partial charge in [-0.05, 0) is 38.0 Å². The molecule has 1 unspecified atom stereocenters. The van der Waals surface area contributed by atoms with Crippen molar-refractivity contribution in [3.8, 4) is 5.75 Å². The van der Waals surface area contributed by atoms with E-state index in [1.54, 1.807) is 35.4 Å². The van der Waals surface area contributed by atoms with Gasteiger partial charge in [-0.3, -0.25) is 14.0 Å². The molecule has 1 atom stereocenters. The molecule has 2 aromatic heterocycles. The van der Waals surface area contributed by atoms with Gasteiger partial charge >= 0.3 is 43.7 Å². The van der Waals surface area contributed by atoms with Crippen LogP contribution >= 0.6 is 0 Å². The number of carboxylic acids is 1. The van der Waals surface area contributed by atoms with Crippen LogP contribution in [0.25, 0.3) is 11.0 Å². The molecule has 0 radical (unpaired) electrons. The zero-order valence-corrected chi connectivity index (χ0v) is 19.0. The van der Waals surface area contributed by atoms with Crippen LogP contribution in [0.2, 0.25) is 0 Å². The summed E-state index contributed by atoms with van der Waals surface area (Å²) in [5.74, 6) is 0.291. The molecule has 0 aliphatic rings. The van der Waals surface area contributed by atoms with Gasteiger partial charge in [-0.15, -0.1) is 0 Å². The van der Waals surface area contributed by atoms with Gasteiger partial charge in [-0.2, -0.15) is 5.10 Å². The van der Waals surface area contributed by atoms with E-state index in [-0.39, 0.29) is 49.7 Å². The van der Waals surface area contributed by atoms with E-state index in [2.05, 4.69) is 17.0 Å². The number of fused-ring (bicyclic) bond motifs is 1. The van der Waals surface area contributed by atoms with E-state index < -0.39 is 12.1 Å². The summed E-state index contributed by atoms with van der Waals surface area (Å²) < 4.78 is 14.3. The zero-order valence-electron chi connectivity index (χ0n) is 19.0. The van der Waals surface area contributed by atoms with E-state index in [1.807, 2.05) is 19.1 Å². The molecule has 1 aromatic carbocycles. The number of ether oxygens (including phenoxy) is 2. The van der Waals surface area contributed by atoms with Gasteiger partial charge in [0, 0.05) is 20.1 Å². The predicted octanol–water partition coefficient (Wildman–Crippen LogP) is 1.59. The Kier molecular flexibility index (Phi) is 10.3. The Labute approximate surface area is 222 Å². The molecular weight excluding hydrogens is 452 g/mol. The van der Waals surface area contributed by atoms with Crippen LogP contribution < -0.4 is 10.3 Å². The fourth-order valence-corrected chi connectivity index (χ4v) is 3.70. The van der Waals surface area contributed by atoms with E-state index in [0.717, 1.165) is 24.1 Å². The van der Waals surface area contributed by atoms with Crippen LogP contribution in [-0.4, -0.2) is 87.5 Å². The van der Waals surface area contributed by atoms with Gasteiger partial charge in [-0.25, -0.2) is 9.78 Å². The molecule has 33 heavy (non-hydrogen) atoms. The normalized spacial score (nSPS) is 11.9. The first-order valence-electron chi connectivity index (χ1n) is 10.8. The number of benzene rings is 1. The topological polar surface area (TPSA) is 108 Å². The first kappa shape index (κ1) is 27.3. The fraction of sp³-hybridized carbons (Fsp3) is 0.478. The van der Waals surface area contributed by atoms with Gasteiger partial charge in [0.25, 0.3) is 5.56 Å².